The number of morpholine rings is 1. The van der Waals surface area contributed by atoms with Crippen molar-refractivity contribution in [2.24, 2.45) is 0 Å². The third-order valence-electron chi connectivity index (χ3n) is 3.92. The standard InChI is InChI=1S/C16H21F3N2O2/c1-2-21-7-8-23-12(10-21)5-6-20-14(22)9-11-3-4-13(17)16(19)15(11)18/h3-4,12H,2,5-10H2,1H3,(H,20,22)/t12-/m1/s1. The van der Waals surface area contributed by atoms with Gasteiger partial charge in [0, 0.05) is 25.2 Å². The van der Waals surface area contributed by atoms with E-state index in [0.29, 0.717) is 19.6 Å². The van der Waals surface area contributed by atoms with Crippen molar-refractivity contribution in [2.45, 2.75) is 25.9 Å². The second kappa shape index (κ2) is 8.31. The van der Waals surface area contributed by atoms with E-state index >= 15 is 0 Å². The van der Waals surface area contributed by atoms with Gasteiger partial charge in [0.1, 0.15) is 0 Å². The van der Waals surface area contributed by atoms with Crippen molar-refractivity contribution in [1.29, 1.82) is 0 Å². The molecule has 1 aliphatic heterocycles. The molecule has 0 bridgehead atoms. The van der Waals surface area contributed by atoms with E-state index in [1.54, 1.807) is 0 Å². The molecule has 1 atom stereocenters. The molecule has 23 heavy (non-hydrogen) atoms. The summed E-state index contributed by atoms with van der Waals surface area (Å²) in [5.74, 6) is -4.56. The van der Waals surface area contributed by atoms with Crippen LogP contribution in [0.25, 0.3) is 0 Å². The first-order valence-corrected chi connectivity index (χ1v) is 7.74. The van der Waals surface area contributed by atoms with Crippen molar-refractivity contribution in [3.63, 3.8) is 0 Å². The normalized spacial score (nSPS) is 18.9. The fourth-order valence-electron chi connectivity index (χ4n) is 2.55. The molecule has 1 amide bonds. The van der Waals surface area contributed by atoms with E-state index in [1.165, 1.54) is 0 Å². The summed E-state index contributed by atoms with van der Waals surface area (Å²) in [5.41, 5.74) is -0.160. The molecule has 1 aliphatic rings. The van der Waals surface area contributed by atoms with Crippen LogP contribution in [0.4, 0.5) is 13.2 Å². The maximum Gasteiger partial charge on any atom is 0.224 e. The summed E-state index contributed by atoms with van der Waals surface area (Å²) in [6.45, 7) is 5.85. The molecule has 128 valence electrons. The number of benzene rings is 1. The Labute approximate surface area is 133 Å². The summed E-state index contributed by atoms with van der Waals surface area (Å²) < 4.78 is 45.0. The third kappa shape index (κ3) is 4.94. The topological polar surface area (TPSA) is 41.6 Å². The zero-order valence-electron chi connectivity index (χ0n) is 13.1. The van der Waals surface area contributed by atoms with Crippen LogP contribution in [0, 0.1) is 17.5 Å². The molecular weight excluding hydrogens is 309 g/mol. The maximum absolute atomic E-state index is 13.5. The Morgan fingerprint density at radius 1 is 1.35 bits per heavy atom. The van der Waals surface area contributed by atoms with Crippen LogP contribution < -0.4 is 5.32 Å². The van der Waals surface area contributed by atoms with Crippen molar-refractivity contribution >= 4 is 5.91 Å². The van der Waals surface area contributed by atoms with Gasteiger partial charge in [-0.25, -0.2) is 13.2 Å². The summed E-state index contributed by atoms with van der Waals surface area (Å²) >= 11 is 0. The minimum absolute atomic E-state index is 0.0593. The number of hydrogen-bond acceptors (Lipinski definition) is 3. The average molecular weight is 330 g/mol. The van der Waals surface area contributed by atoms with Gasteiger partial charge in [-0.3, -0.25) is 9.69 Å². The zero-order valence-corrected chi connectivity index (χ0v) is 13.1. The number of hydrogen-bond donors (Lipinski definition) is 1. The first kappa shape index (κ1) is 17.7. The molecule has 1 fully saturated rings. The van der Waals surface area contributed by atoms with E-state index < -0.39 is 23.4 Å². The Bertz CT molecular complexity index is 554. The number of carbonyl (C=O) groups excluding carboxylic acids is 1. The number of likely N-dealkylation sites (N-methyl/N-ethyl adjacent to an activating group) is 1. The van der Waals surface area contributed by atoms with Gasteiger partial charge < -0.3 is 10.1 Å². The Morgan fingerprint density at radius 2 is 2.13 bits per heavy atom. The molecule has 0 spiro atoms. The Hall–Kier alpha value is -1.60. The van der Waals surface area contributed by atoms with Gasteiger partial charge in [-0.05, 0) is 19.0 Å². The van der Waals surface area contributed by atoms with Crippen molar-refractivity contribution in [3.8, 4) is 0 Å². The molecule has 0 unspecified atom stereocenters. The minimum atomic E-state index is -1.55. The van der Waals surface area contributed by atoms with E-state index in [2.05, 4.69) is 17.1 Å². The molecule has 1 saturated heterocycles. The predicted octanol–water partition coefficient (Wildman–Crippen LogP) is 1.87. The van der Waals surface area contributed by atoms with Crippen LogP contribution in [0.15, 0.2) is 12.1 Å². The van der Waals surface area contributed by atoms with Crippen molar-refractivity contribution < 1.29 is 22.7 Å². The van der Waals surface area contributed by atoms with Crippen LogP contribution in [0.3, 0.4) is 0 Å². The van der Waals surface area contributed by atoms with Gasteiger partial charge in [-0.15, -0.1) is 0 Å². The molecule has 4 nitrogen and oxygen atoms in total. The lowest BCUT2D eigenvalue weighted by atomic mass is 10.1. The zero-order chi connectivity index (χ0) is 16.8. The minimum Gasteiger partial charge on any atom is -0.375 e. The van der Waals surface area contributed by atoms with Gasteiger partial charge in [0.05, 0.1) is 19.1 Å². The summed E-state index contributed by atoms with van der Waals surface area (Å²) in [6, 6.07) is 1.90. The van der Waals surface area contributed by atoms with Crippen LogP contribution in [-0.2, 0) is 16.0 Å². The highest BCUT2D eigenvalue weighted by atomic mass is 19.2. The molecule has 2 rings (SSSR count). The summed E-state index contributed by atoms with van der Waals surface area (Å²) in [4.78, 5) is 14.0. The average Bonchev–Trinajstić information content (AvgIpc) is 2.55. The SMILES string of the molecule is CCN1CCO[C@H](CCNC(=O)Cc2ccc(F)c(F)c2F)C1. The van der Waals surface area contributed by atoms with E-state index in [0.717, 1.165) is 31.8 Å². The number of nitrogens with zero attached hydrogens (tertiary/aromatic N) is 1. The first-order chi connectivity index (χ1) is 11.0. The molecule has 0 aliphatic carbocycles. The van der Waals surface area contributed by atoms with Crippen LogP contribution in [0.1, 0.15) is 18.9 Å². The molecule has 1 N–H and O–H groups in total. The molecular formula is C16H21F3N2O2. The monoisotopic (exact) mass is 330 g/mol. The van der Waals surface area contributed by atoms with Crippen molar-refractivity contribution in [3.05, 3.63) is 35.1 Å². The van der Waals surface area contributed by atoms with E-state index in [4.69, 9.17) is 4.74 Å². The second-order valence-electron chi connectivity index (χ2n) is 5.54. The fourth-order valence-corrected chi connectivity index (χ4v) is 2.55. The van der Waals surface area contributed by atoms with E-state index in [1.807, 2.05) is 0 Å². The predicted molar refractivity (Wildman–Crippen MR) is 79.5 cm³/mol. The molecule has 1 heterocycles. The lowest BCUT2D eigenvalue weighted by molar-refractivity contribution is -0.120. The van der Waals surface area contributed by atoms with Crippen LogP contribution in [0.5, 0.6) is 0 Å². The molecule has 0 aromatic heterocycles. The Morgan fingerprint density at radius 3 is 2.87 bits per heavy atom. The van der Waals surface area contributed by atoms with Crippen LogP contribution in [-0.4, -0.2) is 49.7 Å². The largest absolute Gasteiger partial charge is 0.375 e. The van der Waals surface area contributed by atoms with Gasteiger partial charge in [0.15, 0.2) is 17.5 Å². The summed E-state index contributed by atoms with van der Waals surface area (Å²) in [5, 5.41) is 2.65. The number of amides is 1. The molecule has 1 aromatic rings. The number of rotatable bonds is 6. The Kier molecular flexibility index (Phi) is 6.41. The van der Waals surface area contributed by atoms with Gasteiger partial charge in [-0.2, -0.15) is 0 Å². The first-order valence-electron chi connectivity index (χ1n) is 7.74. The lowest BCUT2D eigenvalue weighted by Gasteiger charge is -2.32. The number of nitrogens with one attached hydrogen (secondary N) is 1. The van der Waals surface area contributed by atoms with Crippen molar-refractivity contribution in [1.82, 2.24) is 10.2 Å². The number of carbonyl (C=O) groups is 1. The van der Waals surface area contributed by atoms with Crippen molar-refractivity contribution in [2.75, 3.05) is 32.8 Å². The smallest absolute Gasteiger partial charge is 0.224 e. The Balaban J connectivity index is 1.76. The summed E-state index contributed by atoms with van der Waals surface area (Å²) in [7, 11) is 0. The molecule has 7 heteroatoms. The fraction of sp³-hybridized carbons (Fsp3) is 0.562. The molecule has 1 aromatic carbocycles. The molecule has 0 radical (unpaired) electrons. The van der Waals surface area contributed by atoms with Gasteiger partial charge in [-0.1, -0.05) is 13.0 Å². The van der Waals surface area contributed by atoms with Crippen LogP contribution in [0.2, 0.25) is 0 Å². The highest BCUT2D eigenvalue weighted by Crippen LogP contribution is 2.15. The third-order valence-corrected chi connectivity index (χ3v) is 3.92. The van der Waals surface area contributed by atoms with Gasteiger partial charge in [0.25, 0.3) is 0 Å². The van der Waals surface area contributed by atoms with Gasteiger partial charge in [0.2, 0.25) is 5.91 Å². The van der Waals surface area contributed by atoms with E-state index in [-0.39, 0.29) is 18.1 Å². The number of halogens is 3. The number of ether oxygens (including phenoxy) is 1. The summed E-state index contributed by atoms with van der Waals surface area (Å²) in [6.07, 6.45) is 0.391. The van der Waals surface area contributed by atoms with E-state index in [9.17, 15) is 18.0 Å². The van der Waals surface area contributed by atoms with Crippen LogP contribution >= 0.6 is 0 Å². The second-order valence-corrected chi connectivity index (χ2v) is 5.54. The highest BCUT2D eigenvalue weighted by molar-refractivity contribution is 5.78. The quantitative estimate of drug-likeness (QED) is 0.810. The lowest BCUT2D eigenvalue weighted by Crippen LogP contribution is -2.43. The highest BCUT2D eigenvalue weighted by Gasteiger charge is 2.19. The maximum atomic E-state index is 13.5. The molecule has 0 saturated carbocycles. The van der Waals surface area contributed by atoms with Gasteiger partial charge >= 0.3 is 0 Å².